The van der Waals surface area contributed by atoms with Gasteiger partial charge in [-0.3, -0.25) is 4.79 Å². The molecule has 1 aromatic heterocycles. The van der Waals surface area contributed by atoms with Crippen molar-refractivity contribution in [2.24, 2.45) is 0 Å². The molecule has 0 saturated carbocycles. The standard InChI is InChI=1S/C22H21N3O4/c1-3-29-22(27)16-8-4-6-10-18(16)24-15-12-13-20(23-14-15)25-21(26)17-9-5-7-11-19(17)28-2/h4-14,24H,3H2,1-2H3,(H,23,25,26). The smallest absolute Gasteiger partial charge is 0.340 e. The highest BCUT2D eigenvalue weighted by molar-refractivity contribution is 6.05. The van der Waals surface area contributed by atoms with E-state index in [1.807, 2.05) is 6.07 Å². The molecular formula is C22H21N3O4. The van der Waals surface area contributed by atoms with Crippen LogP contribution in [0.1, 0.15) is 27.6 Å². The van der Waals surface area contributed by atoms with E-state index in [1.54, 1.807) is 67.7 Å². The van der Waals surface area contributed by atoms with Gasteiger partial charge in [0.05, 0.1) is 42.4 Å². The highest BCUT2D eigenvalue weighted by Crippen LogP contribution is 2.23. The number of carbonyl (C=O) groups excluding carboxylic acids is 2. The molecule has 148 valence electrons. The van der Waals surface area contributed by atoms with Crippen molar-refractivity contribution in [3.63, 3.8) is 0 Å². The summed E-state index contributed by atoms with van der Waals surface area (Å²) in [5, 5.41) is 5.88. The van der Waals surface area contributed by atoms with Gasteiger partial charge in [-0.1, -0.05) is 24.3 Å². The summed E-state index contributed by atoms with van der Waals surface area (Å²) in [5.74, 6) is 0.163. The topological polar surface area (TPSA) is 89.6 Å². The second-order valence-corrected chi connectivity index (χ2v) is 5.98. The third-order valence-electron chi connectivity index (χ3n) is 4.06. The molecule has 0 aliphatic heterocycles. The Bertz CT molecular complexity index is 1000. The Labute approximate surface area is 168 Å². The Morgan fingerprint density at radius 1 is 0.966 bits per heavy atom. The molecule has 29 heavy (non-hydrogen) atoms. The fraction of sp³-hybridized carbons (Fsp3) is 0.136. The van der Waals surface area contributed by atoms with Crippen molar-refractivity contribution in [2.75, 3.05) is 24.4 Å². The fourth-order valence-electron chi connectivity index (χ4n) is 2.69. The number of rotatable bonds is 7. The summed E-state index contributed by atoms with van der Waals surface area (Å²) in [7, 11) is 1.51. The molecule has 0 radical (unpaired) electrons. The number of para-hydroxylation sites is 2. The molecular weight excluding hydrogens is 370 g/mol. The molecule has 0 spiro atoms. The number of hydrogen-bond donors (Lipinski definition) is 2. The molecule has 7 heteroatoms. The van der Waals surface area contributed by atoms with E-state index in [9.17, 15) is 9.59 Å². The molecule has 1 amide bonds. The fourth-order valence-corrected chi connectivity index (χ4v) is 2.69. The van der Waals surface area contributed by atoms with Crippen molar-refractivity contribution < 1.29 is 19.1 Å². The van der Waals surface area contributed by atoms with Crippen molar-refractivity contribution in [3.8, 4) is 5.75 Å². The Kier molecular flexibility index (Phi) is 6.42. The minimum Gasteiger partial charge on any atom is -0.496 e. The highest BCUT2D eigenvalue weighted by Gasteiger charge is 2.13. The average Bonchev–Trinajstić information content (AvgIpc) is 2.75. The largest absolute Gasteiger partial charge is 0.496 e. The molecule has 0 bridgehead atoms. The number of carbonyl (C=O) groups is 2. The summed E-state index contributed by atoms with van der Waals surface area (Å²) in [6, 6.07) is 17.4. The van der Waals surface area contributed by atoms with Crippen LogP contribution in [0.25, 0.3) is 0 Å². The zero-order valence-corrected chi connectivity index (χ0v) is 16.1. The Morgan fingerprint density at radius 3 is 2.38 bits per heavy atom. The van der Waals surface area contributed by atoms with E-state index in [0.717, 1.165) is 0 Å². The number of anilines is 3. The number of hydrogen-bond acceptors (Lipinski definition) is 6. The van der Waals surface area contributed by atoms with Gasteiger partial charge in [0, 0.05) is 0 Å². The summed E-state index contributed by atoms with van der Waals surface area (Å²) < 4.78 is 10.3. The first-order valence-corrected chi connectivity index (χ1v) is 9.06. The number of nitrogens with zero attached hydrogens (tertiary/aromatic N) is 1. The number of methoxy groups -OCH3 is 1. The molecule has 3 rings (SSSR count). The zero-order chi connectivity index (χ0) is 20.6. The van der Waals surface area contributed by atoms with Crippen molar-refractivity contribution in [1.82, 2.24) is 4.98 Å². The van der Waals surface area contributed by atoms with Crippen molar-refractivity contribution in [3.05, 3.63) is 78.0 Å². The maximum atomic E-state index is 12.5. The minimum absolute atomic E-state index is 0.301. The van der Waals surface area contributed by atoms with Crippen LogP contribution in [-0.4, -0.2) is 30.6 Å². The van der Waals surface area contributed by atoms with E-state index in [4.69, 9.17) is 9.47 Å². The maximum Gasteiger partial charge on any atom is 0.340 e. The van der Waals surface area contributed by atoms with Crippen LogP contribution >= 0.6 is 0 Å². The van der Waals surface area contributed by atoms with Gasteiger partial charge in [0.1, 0.15) is 11.6 Å². The molecule has 1 heterocycles. The SMILES string of the molecule is CCOC(=O)c1ccccc1Nc1ccc(NC(=O)c2ccccc2OC)nc1. The summed E-state index contributed by atoms with van der Waals surface area (Å²) >= 11 is 0. The van der Waals surface area contributed by atoms with Crippen molar-refractivity contribution >= 4 is 29.1 Å². The lowest BCUT2D eigenvalue weighted by atomic mass is 10.1. The number of amides is 1. The molecule has 0 aliphatic carbocycles. The Balaban J connectivity index is 1.71. The number of benzene rings is 2. The normalized spacial score (nSPS) is 10.1. The third kappa shape index (κ3) is 4.90. The van der Waals surface area contributed by atoms with Crippen molar-refractivity contribution in [1.29, 1.82) is 0 Å². The molecule has 2 aromatic carbocycles. The van der Waals surface area contributed by atoms with Gasteiger partial charge in [-0.25, -0.2) is 9.78 Å². The first-order chi connectivity index (χ1) is 14.1. The Morgan fingerprint density at radius 2 is 1.69 bits per heavy atom. The number of ether oxygens (including phenoxy) is 2. The number of nitrogens with one attached hydrogen (secondary N) is 2. The first kappa shape index (κ1) is 19.9. The van der Waals surface area contributed by atoms with E-state index in [1.165, 1.54) is 7.11 Å². The van der Waals surface area contributed by atoms with Crippen LogP contribution in [0.4, 0.5) is 17.2 Å². The summed E-state index contributed by atoms with van der Waals surface area (Å²) in [6.07, 6.45) is 1.57. The van der Waals surface area contributed by atoms with Gasteiger partial charge in [-0.2, -0.15) is 0 Å². The number of pyridine rings is 1. The molecule has 3 aromatic rings. The van der Waals surface area contributed by atoms with E-state index < -0.39 is 5.97 Å². The van der Waals surface area contributed by atoms with Crippen LogP contribution in [0.15, 0.2) is 66.9 Å². The third-order valence-corrected chi connectivity index (χ3v) is 4.06. The van der Waals surface area contributed by atoms with E-state index in [2.05, 4.69) is 15.6 Å². The minimum atomic E-state index is -0.399. The quantitative estimate of drug-likeness (QED) is 0.585. The molecule has 0 atom stereocenters. The van der Waals surface area contributed by atoms with Crippen LogP contribution in [0.3, 0.4) is 0 Å². The Hall–Kier alpha value is -3.87. The molecule has 7 nitrogen and oxygen atoms in total. The predicted molar refractivity (Wildman–Crippen MR) is 111 cm³/mol. The van der Waals surface area contributed by atoms with Crippen molar-refractivity contribution in [2.45, 2.75) is 6.92 Å². The second kappa shape index (κ2) is 9.36. The van der Waals surface area contributed by atoms with Gasteiger partial charge in [0.25, 0.3) is 5.91 Å². The predicted octanol–water partition coefficient (Wildman–Crippen LogP) is 4.26. The van der Waals surface area contributed by atoms with E-state index in [0.29, 0.717) is 40.7 Å². The van der Waals surface area contributed by atoms with Crippen LogP contribution in [-0.2, 0) is 4.74 Å². The summed E-state index contributed by atoms with van der Waals surface area (Å²) in [5.41, 5.74) is 2.13. The molecule has 0 unspecified atom stereocenters. The summed E-state index contributed by atoms with van der Waals surface area (Å²) in [6.45, 7) is 2.06. The molecule has 0 saturated heterocycles. The lowest BCUT2D eigenvalue weighted by Crippen LogP contribution is -2.14. The zero-order valence-electron chi connectivity index (χ0n) is 16.1. The second-order valence-electron chi connectivity index (χ2n) is 5.98. The van der Waals surface area contributed by atoms with Gasteiger partial charge in [-0.15, -0.1) is 0 Å². The molecule has 2 N–H and O–H groups in total. The summed E-state index contributed by atoms with van der Waals surface area (Å²) in [4.78, 5) is 28.8. The van der Waals surface area contributed by atoms with Crippen LogP contribution < -0.4 is 15.4 Å². The highest BCUT2D eigenvalue weighted by atomic mass is 16.5. The molecule has 0 aliphatic rings. The first-order valence-electron chi connectivity index (χ1n) is 9.06. The van der Waals surface area contributed by atoms with Crippen LogP contribution in [0.2, 0.25) is 0 Å². The maximum absolute atomic E-state index is 12.5. The lowest BCUT2D eigenvalue weighted by molar-refractivity contribution is 0.0527. The van der Waals surface area contributed by atoms with Crippen LogP contribution in [0.5, 0.6) is 5.75 Å². The van der Waals surface area contributed by atoms with E-state index in [-0.39, 0.29) is 5.91 Å². The van der Waals surface area contributed by atoms with Gasteiger partial charge >= 0.3 is 5.97 Å². The monoisotopic (exact) mass is 391 g/mol. The number of aromatic nitrogens is 1. The van der Waals surface area contributed by atoms with Gasteiger partial charge < -0.3 is 20.1 Å². The van der Waals surface area contributed by atoms with Gasteiger partial charge in [0.2, 0.25) is 0 Å². The molecule has 0 fully saturated rings. The van der Waals surface area contributed by atoms with Gasteiger partial charge in [0.15, 0.2) is 0 Å². The average molecular weight is 391 g/mol. The van der Waals surface area contributed by atoms with E-state index >= 15 is 0 Å². The van der Waals surface area contributed by atoms with Gasteiger partial charge in [-0.05, 0) is 43.3 Å². The number of esters is 1. The lowest BCUT2D eigenvalue weighted by Gasteiger charge is -2.12. The van der Waals surface area contributed by atoms with Crippen LogP contribution in [0, 0.1) is 0 Å².